The standard InChI is InChI=1S/C29H25Cl2FN2O5S/c30-19-2-1-3-20(31)23(19)24-18(26(39-34-24)13-4-5-13)12-38-17-6-15-10-29(37,11-16(15)7-17)28-33-25-21(32)8-14(27(35)36)9-22(25)40-28/h1-3,8-9,13,15-17,37H,4-7,10-12H2,(H,35,36). The second kappa shape index (κ2) is 9.77. The van der Waals surface area contributed by atoms with Crippen LogP contribution in [0, 0.1) is 17.7 Å². The summed E-state index contributed by atoms with van der Waals surface area (Å²) in [5.41, 5.74) is 0.972. The highest BCUT2D eigenvalue weighted by Crippen LogP contribution is 2.55. The lowest BCUT2D eigenvalue weighted by Crippen LogP contribution is -2.23. The van der Waals surface area contributed by atoms with Crippen LogP contribution in [0.3, 0.4) is 0 Å². The number of carbonyl (C=O) groups is 1. The molecule has 0 aliphatic heterocycles. The third-order valence-corrected chi connectivity index (χ3v) is 10.3. The molecule has 208 valence electrons. The van der Waals surface area contributed by atoms with Gasteiger partial charge in [0.15, 0.2) is 5.82 Å². The summed E-state index contributed by atoms with van der Waals surface area (Å²) in [6.07, 6.45) is 4.72. The number of aromatic carboxylic acids is 1. The first-order valence-electron chi connectivity index (χ1n) is 13.3. The number of hydrogen-bond donors (Lipinski definition) is 2. The van der Waals surface area contributed by atoms with Crippen molar-refractivity contribution in [1.29, 1.82) is 0 Å². The summed E-state index contributed by atoms with van der Waals surface area (Å²) in [5.74, 6) is -0.233. The molecule has 7 rings (SSSR count). The minimum absolute atomic E-state index is 0.0157. The minimum atomic E-state index is -1.20. The van der Waals surface area contributed by atoms with Crippen LogP contribution < -0.4 is 0 Å². The highest BCUT2D eigenvalue weighted by Gasteiger charge is 2.51. The molecule has 3 saturated carbocycles. The van der Waals surface area contributed by atoms with Crippen LogP contribution in [0.4, 0.5) is 4.39 Å². The molecule has 4 aromatic rings. The van der Waals surface area contributed by atoms with E-state index in [-0.39, 0.29) is 29.0 Å². The Morgan fingerprint density at radius 3 is 2.52 bits per heavy atom. The predicted molar refractivity (Wildman–Crippen MR) is 148 cm³/mol. The first-order valence-corrected chi connectivity index (χ1v) is 14.9. The zero-order valence-electron chi connectivity index (χ0n) is 21.2. The average molecular weight is 603 g/mol. The summed E-state index contributed by atoms with van der Waals surface area (Å²) in [4.78, 5) is 15.7. The third kappa shape index (κ3) is 4.52. The van der Waals surface area contributed by atoms with Gasteiger partial charge in [0.05, 0.1) is 33.0 Å². The minimum Gasteiger partial charge on any atom is -0.478 e. The second-order valence-electron chi connectivity index (χ2n) is 11.2. The Kier molecular flexibility index (Phi) is 6.44. The van der Waals surface area contributed by atoms with E-state index in [1.165, 1.54) is 6.07 Å². The van der Waals surface area contributed by atoms with Crippen molar-refractivity contribution in [3.63, 3.8) is 0 Å². The molecule has 7 nitrogen and oxygen atoms in total. The number of ether oxygens (including phenoxy) is 1. The van der Waals surface area contributed by atoms with Crippen molar-refractivity contribution < 1.29 is 28.7 Å². The summed E-state index contributed by atoms with van der Waals surface area (Å²) in [5, 5.41) is 26.6. The summed E-state index contributed by atoms with van der Waals surface area (Å²) >= 11 is 14.1. The van der Waals surface area contributed by atoms with E-state index in [0.717, 1.165) is 54.4 Å². The third-order valence-electron chi connectivity index (χ3n) is 8.52. The van der Waals surface area contributed by atoms with E-state index in [1.54, 1.807) is 18.2 Å². The Balaban J connectivity index is 1.06. The van der Waals surface area contributed by atoms with Crippen molar-refractivity contribution in [3.8, 4) is 11.3 Å². The number of thiazole rings is 1. The van der Waals surface area contributed by atoms with E-state index >= 15 is 0 Å². The quantitative estimate of drug-likeness (QED) is 0.225. The van der Waals surface area contributed by atoms with Gasteiger partial charge in [0.2, 0.25) is 0 Å². The molecule has 2 heterocycles. The largest absolute Gasteiger partial charge is 0.478 e. The Hall–Kier alpha value is -2.56. The lowest BCUT2D eigenvalue weighted by molar-refractivity contribution is 0.00957. The molecule has 0 radical (unpaired) electrons. The van der Waals surface area contributed by atoms with Crippen molar-refractivity contribution in [3.05, 3.63) is 68.1 Å². The van der Waals surface area contributed by atoms with Crippen LogP contribution in [0.5, 0.6) is 0 Å². The van der Waals surface area contributed by atoms with Crippen molar-refractivity contribution in [2.75, 3.05) is 0 Å². The number of nitrogens with zero attached hydrogens (tertiary/aromatic N) is 2. The van der Waals surface area contributed by atoms with E-state index < -0.39 is 17.4 Å². The molecule has 3 fully saturated rings. The first kappa shape index (κ1) is 26.3. The Morgan fingerprint density at radius 2 is 1.88 bits per heavy atom. The van der Waals surface area contributed by atoms with E-state index in [1.807, 2.05) is 0 Å². The highest BCUT2D eigenvalue weighted by molar-refractivity contribution is 7.18. The van der Waals surface area contributed by atoms with Crippen LogP contribution in [0.2, 0.25) is 10.0 Å². The smallest absolute Gasteiger partial charge is 0.335 e. The van der Waals surface area contributed by atoms with Crippen molar-refractivity contribution in [1.82, 2.24) is 10.1 Å². The summed E-state index contributed by atoms with van der Waals surface area (Å²) in [7, 11) is 0. The molecule has 0 spiro atoms. The number of carboxylic acid groups (broad SMARTS) is 1. The fourth-order valence-electron chi connectivity index (χ4n) is 6.48. The molecule has 40 heavy (non-hydrogen) atoms. The van der Waals surface area contributed by atoms with Gasteiger partial charge in [-0.2, -0.15) is 0 Å². The molecule has 3 aliphatic carbocycles. The zero-order chi connectivity index (χ0) is 27.8. The second-order valence-corrected chi connectivity index (χ2v) is 13.1. The van der Waals surface area contributed by atoms with Gasteiger partial charge in [0.1, 0.15) is 27.6 Å². The van der Waals surface area contributed by atoms with E-state index in [0.29, 0.717) is 56.4 Å². The molecule has 0 saturated heterocycles. The Bertz CT molecular complexity index is 1620. The number of hydrogen-bond acceptors (Lipinski definition) is 7. The number of carboxylic acids is 1. The van der Waals surface area contributed by atoms with Gasteiger partial charge in [0, 0.05) is 17.0 Å². The monoisotopic (exact) mass is 602 g/mol. The molecular formula is C29H25Cl2FN2O5S. The number of aromatic nitrogens is 2. The maximum absolute atomic E-state index is 14.5. The van der Waals surface area contributed by atoms with Gasteiger partial charge < -0.3 is 19.5 Å². The van der Waals surface area contributed by atoms with Crippen LogP contribution in [0.25, 0.3) is 21.5 Å². The molecule has 2 aromatic carbocycles. The van der Waals surface area contributed by atoms with Crippen LogP contribution in [0.15, 0.2) is 34.9 Å². The lowest BCUT2D eigenvalue weighted by Gasteiger charge is -2.22. The van der Waals surface area contributed by atoms with Crippen molar-refractivity contribution >= 4 is 50.7 Å². The zero-order valence-corrected chi connectivity index (χ0v) is 23.5. The highest BCUT2D eigenvalue weighted by atomic mass is 35.5. The molecule has 0 bridgehead atoms. The number of rotatable bonds is 7. The van der Waals surface area contributed by atoms with E-state index in [2.05, 4.69) is 10.1 Å². The molecule has 2 aromatic heterocycles. The molecule has 2 N–H and O–H groups in total. The van der Waals surface area contributed by atoms with Gasteiger partial charge in [-0.25, -0.2) is 14.2 Å². The summed E-state index contributed by atoms with van der Waals surface area (Å²) < 4.78 is 27.2. The number of benzene rings is 2. The molecule has 11 heteroatoms. The summed E-state index contributed by atoms with van der Waals surface area (Å²) in [6.45, 7) is 0.337. The Labute approximate surface area is 242 Å². The fraction of sp³-hybridized carbons (Fsp3) is 0.414. The fourth-order valence-corrected chi connectivity index (χ4v) is 8.18. The van der Waals surface area contributed by atoms with E-state index in [9.17, 15) is 19.4 Å². The molecule has 2 unspecified atom stereocenters. The lowest BCUT2D eigenvalue weighted by atomic mass is 9.98. The SMILES string of the molecule is O=C(O)c1cc(F)c2nc(C3(O)CC4CC(OCc5c(-c6c(Cl)cccc6Cl)noc5C5CC5)CC4C3)sc2c1. The Morgan fingerprint density at radius 1 is 1.18 bits per heavy atom. The average Bonchev–Trinajstić information content (AvgIpc) is 3.20. The van der Waals surface area contributed by atoms with Gasteiger partial charge in [-0.1, -0.05) is 34.4 Å². The molecule has 2 atom stereocenters. The van der Waals surface area contributed by atoms with Crippen LogP contribution in [-0.2, 0) is 16.9 Å². The van der Waals surface area contributed by atoms with E-state index in [4.69, 9.17) is 32.5 Å². The predicted octanol–water partition coefficient (Wildman–Crippen LogP) is 7.57. The van der Waals surface area contributed by atoms with Crippen molar-refractivity contribution in [2.45, 2.75) is 62.8 Å². The first-order chi connectivity index (χ1) is 19.2. The topological polar surface area (TPSA) is 106 Å². The molecule has 3 aliphatic rings. The van der Waals surface area contributed by atoms with Crippen LogP contribution in [0.1, 0.15) is 71.1 Å². The van der Waals surface area contributed by atoms with Gasteiger partial charge >= 0.3 is 5.97 Å². The van der Waals surface area contributed by atoms with Gasteiger partial charge in [-0.15, -0.1) is 11.3 Å². The van der Waals surface area contributed by atoms with Crippen LogP contribution in [-0.4, -0.2) is 32.4 Å². The maximum Gasteiger partial charge on any atom is 0.335 e. The normalized spacial score (nSPS) is 26.1. The molecular weight excluding hydrogens is 578 g/mol. The molecule has 0 amide bonds. The van der Waals surface area contributed by atoms with Crippen LogP contribution >= 0.6 is 34.5 Å². The summed E-state index contributed by atoms with van der Waals surface area (Å²) in [6, 6.07) is 7.74. The maximum atomic E-state index is 14.5. The number of aliphatic hydroxyl groups is 1. The number of fused-ring (bicyclic) bond motifs is 2. The van der Waals surface area contributed by atoms with Gasteiger partial charge in [0.25, 0.3) is 0 Å². The van der Waals surface area contributed by atoms with Crippen molar-refractivity contribution in [2.24, 2.45) is 11.8 Å². The van der Waals surface area contributed by atoms with Gasteiger partial charge in [-0.05, 0) is 74.6 Å². The number of halogens is 3. The van der Waals surface area contributed by atoms with Gasteiger partial charge in [-0.3, -0.25) is 0 Å².